The summed E-state index contributed by atoms with van der Waals surface area (Å²) in [6.07, 6.45) is 3.53. The van der Waals surface area contributed by atoms with Crippen LogP contribution in [0.25, 0.3) is 0 Å². The molecule has 0 saturated heterocycles. The van der Waals surface area contributed by atoms with E-state index in [-0.39, 0.29) is 17.9 Å². The smallest absolute Gasteiger partial charge is 0.290 e. The van der Waals surface area contributed by atoms with Crippen molar-refractivity contribution in [3.8, 4) is 5.75 Å². The van der Waals surface area contributed by atoms with Gasteiger partial charge in [0.2, 0.25) is 5.78 Å². The van der Waals surface area contributed by atoms with Crippen LogP contribution < -0.4 is 4.74 Å². The summed E-state index contributed by atoms with van der Waals surface area (Å²) in [6, 6.07) is 13.5. The van der Waals surface area contributed by atoms with Crippen molar-refractivity contribution < 1.29 is 23.8 Å². The molecule has 6 nitrogen and oxygen atoms in total. The molecular formula is C24H23NO5S. The third kappa shape index (κ3) is 4.27. The number of ketones is 1. The summed E-state index contributed by atoms with van der Waals surface area (Å²) in [5, 5.41) is 12.5. The number of hydrogen-bond donors (Lipinski definition) is 1. The Hall–Kier alpha value is -3.32. The maximum atomic E-state index is 13.2. The van der Waals surface area contributed by atoms with Crippen LogP contribution in [0.1, 0.15) is 46.8 Å². The Labute approximate surface area is 184 Å². The number of nitrogens with zero attached hydrogens (tertiary/aromatic N) is 1. The fraction of sp³-hybridized carbons (Fsp3) is 0.250. The lowest BCUT2D eigenvalue weighted by Gasteiger charge is -2.26. The lowest BCUT2D eigenvalue weighted by atomic mass is 9.95. The second kappa shape index (κ2) is 9.22. The van der Waals surface area contributed by atoms with Gasteiger partial charge in [-0.1, -0.05) is 31.5 Å². The highest BCUT2D eigenvalue weighted by Gasteiger charge is 2.44. The Morgan fingerprint density at radius 1 is 1.19 bits per heavy atom. The molecule has 2 aromatic heterocycles. The van der Waals surface area contributed by atoms with E-state index >= 15 is 0 Å². The summed E-state index contributed by atoms with van der Waals surface area (Å²) in [5.74, 6) is -0.173. The van der Waals surface area contributed by atoms with Crippen LogP contribution in [0.2, 0.25) is 0 Å². The van der Waals surface area contributed by atoms with Gasteiger partial charge >= 0.3 is 0 Å². The molecular weight excluding hydrogens is 414 g/mol. The van der Waals surface area contributed by atoms with Gasteiger partial charge in [0.15, 0.2) is 5.76 Å². The Balaban J connectivity index is 1.69. The van der Waals surface area contributed by atoms with Gasteiger partial charge in [0.05, 0.1) is 35.9 Å². The quantitative estimate of drug-likeness (QED) is 0.363. The summed E-state index contributed by atoms with van der Waals surface area (Å²) in [5.41, 5.74) is 0.797. The zero-order chi connectivity index (χ0) is 21.8. The Bertz CT molecular complexity index is 1070. The molecule has 0 saturated carbocycles. The second-order valence-electron chi connectivity index (χ2n) is 7.25. The van der Waals surface area contributed by atoms with E-state index in [0.29, 0.717) is 22.8 Å². The van der Waals surface area contributed by atoms with Gasteiger partial charge in [-0.3, -0.25) is 9.59 Å². The van der Waals surface area contributed by atoms with Crippen LogP contribution in [-0.4, -0.2) is 28.3 Å². The normalized spacial score (nSPS) is 16.2. The Morgan fingerprint density at radius 2 is 2.00 bits per heavy atom. The predicted octanol–water partition coefficient (Wildman–Crippen LogP) is 5.30. The molecule has 1 aliphatic rings. The number of aliphatic hydroxyl groups is 1. The molecule has 1 N–H and O–H groups in total. The van der Waals surface area contributed by atoms with E-state index in [1.807, 2.05) is 24.3 Å². The maximum absolute atomic E-state index is 13.2. The van der Waals surface area contributed by atoms with Crippen molar-refractivity contribution in [2.75, 3.05) is 6.61 Å². The fourth-order valence-corrected chi connectivity index (χ4v) is 4.26. The minimum absolute atomic E-state index is 0.0821. The first kappa shape index (κ1) is 20.9. The summed E-state index contributed by atoms with van der Waals surface area (Å²) in [4.78, 5) is 28.1. The van der Waals surface area contributed by atoms with Crippen molar-refractivity contribution in [1.82, 2.24) is 4.90 Å². The minimum atomic E-state index is -0.725. The lowest BCUT2D eigenvalue weighted by Crippen LogP contribution is -2.30. The Morgan fingerprint density at radius 3 is 2.65 bits per heavy atom. The average Bonchev–Trinajstić information content (AvgIpc) is 3.53. The SMILES string of the molecule is CCCCOc1ccc([C@H]2C(C(=O)c3cccs3)=C(O)C(=O)N2Cc2ccco2)cc1. The number of amides is 1. The van der Waals surface area contributed by atoms with Gasteiger partial charge in [-0.05, 0) is 47.7 Å². The average molecular weight is 438 g/mol. The highest BCUT2D eigenvalue weighted by molar-refractivity contribution is 7.12. The van der Waals surface area contributed by atoms with Gasteiger partial charge < -0.3 is 19.2 Å². The summed E-state index contributed by atoms with van der Waals surface area (Å²) >= 11 is 1.28. The van der Waals surface area contributed by atoms with Gasteiger partial charge in [-0.25, -0.2) is 0 Å². The van der Waals surface area contributed by atoms with Crippen LogP contribution in [-0.2, 0) is 11.3 Å². The van der Waals surface area contributed by atoms with Crippen LogP contribution in [0.5, 0.6) is 5.75 Å². The third-order valence-corrected chi connectivity index (χ3v) is 6.03. The molecule has 0 aliphatic carbocycles. The highest BCUT2D eigenvalue weighted by Crippen LogP contribution is 2.40. The van der Waals surface area contributed by atoms with E-state index in [9.17, 15) is 14.7 Å². The van der Waals surface area contributed by atoms with Crippen LogP contribution >= 0.6 is 11.3 Å². The minimum Gasteiger partial charge on any atom is -0.503 e. The van der Waals surface area contributed by atoms with Crippen LogP contribution in [0.4, 0.5) is 0 Å². The lowest BCUT2D eigenvalue weighted by molar-refractivity contribution is -0.130. The van der Waals surface area contributed by atoms with Gasteiger partial charge in [0.25, 0.3) is 5.91 Å². The molecule has 0 bridgehead atoms. The zero-order valence-electron chi connectivity index (χ0n) is 17.1. The molecule has 3 aromatic rings. The van der Waals surface area contributed by atoms with Crippen LogP contribution in [0.15, 0.2) is 75.9 Å². The second-order valence-corrected chi connectivity index (χ2v) is 8.20. The van der Waals surface area contributed by atoms with Crippen molar-refractivity contribution in [2.45, 2.75) is 32.4 Å². The topological polar surface area (TPSA) is 80.0 Å². The van der Waals surface area contributed by atoms with E-state index in [1.165, 1.54) is 22.5 Å². The van der Waals surface area contributed by atoms with E-state index in [0.717, 1.165) is 18.6 Å². The first-order valence-electron chi connectivity index (χ1n) is 10.2. The molecule has 0 spiro atoms. The molecule has 1 aliphatic heterocycles. The molecule has 1 atom stereocenters. The number of unbranched alkanes of at least 4 members (excludes halogenated alkanes) is 1. The van der Waals surface area contributed by atoms with E-state index < -0.39 is 17.7 Å². The first-order chi connectivity index (χ1) is 15.1. The molecule has 7 heteroatoms. The van der Waals surface area contributed by atoms with E-state index in [1.54, 1.807) is 29.6 Å². The van der Waals surface area contributed by atoms with Crippen molar-refractivity contribution in [2.24, 2.45) is 0 Å². The van der Waals surface area contributed by atoms with Crippen LogP contribution in [0, 0.1) is 0 Å². The van der Waals surface area contributed by atoms with E-state index in [4.69, 9.17) is 9.15 Å². The molecule has 1 aromatic carbocycles. The molecule has 3 heterocycles. The van der Waals surface area contributed by atoms with Gasteiger partial charge in [-0.15, -0.1) is 11.3 Å². The van der Waals surface area contributed by atoms with Gasteiger partial charge in [0, 0.05) is 0 Å². The largest absolute Gasteiger partial charge is 0.503 e. The standard InChI is InChI=1S/C24H23NO5S/c1-2-3-12-29-17-10-8-16(9-11-17)21-20(22(26)19-7-5-14-31-19)23(27)24(28)25(21)15-18-6-4-13-30-18/h4-11,13-14,21,27H,2-3,12,15H2,1H3/t21-/m0/s1. The number of rotatable bonds is 9. The summed E-state index contributed by atoms with van der Waals surface area (Å²) in [6.45, 7) is 2.86. The number of carbonyl (C=O) groups is 2. The number of furan rings is 1. The third-order valence-electron chi connectivity index (χ3n) is 5.16. The monoisotopic (exact) mass is 437 g/mol. The molecule has 31 heavy (non-hydrogen) atoms. The number of hydrogen-bond acceptors (Lipinski definition) is 6. The predicted molar refractivity (Wildman–Crippen MR) is 117 cm³/mol. The van der Waals surface area contributed by atoms with Gasteiger partial charge in [-0.2, -0.15) is 0 Å². The molecule has 160 valence electrons. The molecule has 0 radical (unpaired) electrons. The molecule has 1 amide bonds. The highest BCUT2D eigenvalue weighted by atomic mass is 32.1. The molecule has 0 fully saturated rings. The fourth-order valence-electron chi connectivity index (χ4n) is 3.59. The number of thiophene rings is 1. The zero-order valence-corrected chi connectivity index (χ0v) is 17.9. The number of ether oxygens (including phenoxy) is 1. The number of carbonyl (C=O) groups excluding carboxylic acids is 2. The van der Waals surface area contributed by atoms with Crippen molar-refractivity contribution in [3.63, 3.8) is 0 Å². The van der Waals surface area contributed by atoms with Crippen molar-refractivity contribution >= 4 is 23.0 Å². The molecule has 4 rings (SSSR count). The van der Waals surface area contributed by atoms with Crippen molar-refractivity contribution in [3.05, 3.63) is 87.7 Å². The molecule has 0 unspecified atom stereocenters. The first-order valence-corrected chi connectivity index (χ1v) is 11.1. The number of Topliss-reactive ketones (excluding diaryl/α,β-unsaturated/α-hetero) is 1. The summed E-state index contributed by atoms with van der Waals surface area (Å²) in [7, 11) is 0. The maximum Gasteiger partial charge on any atom is 0.290 e. The van der Waals surface area contributed by atoms with E-state index in [2.05, 4.69) is 6.92 Å². The van der Waals surface area contributed by atoms with Crippen LogP contribution in [0.3, 0.4) is 0 Å². The van der Waals surface area contributed by atoms with Crippen molar-refractivity contribution in [1.29, 1.82) is 0 Å². The Kier molecular flexibility index (Phi) is 6.23. The van der Waals surface area contributed by atoms with Gasteiger partial charge in [0.1, 0.15) is 11.5 Å². The summed E-state index contributed by atoms with van der Waals surface area (Å²) < 4.78 is 11.1. The number of benzene rings is 1. The number of aliphatic hydroxyl groups excluding tert-OH is 1.